The Kier molecular flexibility index (Phi) is 8.22. The minimum atomic E-state index is -0.252. The largest absolute Gasteiger partial charge is 0.497 e. The smallest absolute Gasteiger partial charge is 0.252 e. The second-order valence-electron chi connectivity index (χ2n) is 8.44. The third-order valence-electron chi connectivity index (χ3n) is 6.20. The highest BCUT2D eigenvalue weighted by molar-refractivity contribution is 5.95. The van der Waals surface area contributed by atoms with Gasteiger partial charge in [-0.05, 0) is 58.0 Å². The van der Waals surface area contributed by atoms with Crippen molar-refractivity contribution in [2.75, 3.05) is 26.9 Å². The molecule has 0 saturated carbocycles. The first kappa shape index (κ1) is 25.7. The number of rotatable bonds is 11. The number of amides is 1. The van der Waals surface area contributed by atoms with E-state index < -0.39 is 0 Å². The molecule has 0 bridgehead atoms. The van der Waals surface area contributed by atoms with E-state index in [1.807, 2.05) is 26.8 Å². The zero-order chi connectivity index (χ0) is 25.7. The highest BCUT2D eigenvalue weighted by Crippen LogP contribution is 2.39. The summed E-state index contributed by atoms with van der Waals surface area (Å²) in [5.74, 6) is 2.11. The van der Waals surface area contributed by atoms with E-state index >= 15 is 0 Å². The molecular formula is C27H36N4O5. The highest BCUT2D eigenvalue weighted by Gasteiger charge is 2.29. The van der Waals surface area contributed by atoms with Crippen LogP contribution in [-0.4, -0.2) is 43.6 Å². The zero-order valence-corrected chi connectivity index (χ0v) is 21.6. The second kappa shape index (κ2) is 11.5. The van der Waals surface area contributed by atoms with Crippen LogP contribution < -0.4 is 35.1 Å². The van der Waals surface area contributed by atoms with E-state index in [-0.39, 0.29) is 18.1 Å². The summed E-state index contributed by atoms with van der Waals surface area (Å²) in [4.78, 5) is 13.2. The quantitative estimate of drug-likeness (QED) is 0.367. The predicted molar refractivity (Wildman–Crippen MR) is 139 cm³/mol. The number of methoxy groups -OCH3 is 1. The van der Waals surface area contributed by atoms with Crippen LogP contribution in [0.25, 0.3) is 10.9 Å². The molecule has 0 radical (unpaired) electrons. The fourth-order valence-electron chi connectivity index (χ4n) is 4.63. The summed E-state index contributed by atoms with van der Waals surface area (Å²) in [6.45, 7) is 10.00. The molecule has 1 aliphatic heterocycles. The number of hydrogen-bond acceptors (Lipinski definition) is 7. The number of aryl methyl sites for hydroxylation is 1. The van der Waals surface area contributed by atoms with E-state index in [1.54, 1.807) is 19.2 Å². The maximum absolute atomic E-state index is 13.2. The van der Waals surface area contributed by atoms with Crippen LogP contribution in [0.2, 0.25) is 0 Å². The Balaban J connectivity index is 1.52. The number of carbonyl (C=O) groups is 1. The van der Waals surface area contributed by atoms with Crippen molar-refractivity contribution < 1.29 is 23.7 Å². The molecule has 3 N–H and O–H groups in total. The summed E-state index contributed by atoms with van der Waals surface area (Å²) in [6, 6.07) is 11.7. The number of nitrogens with zero attached hydrogens (tertiary/aromatic N) is 1. The average molecular weight is 497 g/mol. The summed E-state index contributed by atoms with van der Waals surface area (Å²) in [6.07, 6.45) is 0.436. The van der Waals surface area contributed by atoms with Gasteiger partial charge in [-0.15, -0.1) is 0 Å². The zero-order valence-electron chi connectivity index (χ0n) is 21.6. The van der Waals surface area contributed by atoms with E-state index in [9.17, 15) is 4.79 Å². The molecule has 3 aromatic rings. The Bertz CT molecular complexity index is 1180. The topological polar surface area (TPSA) is 95.0 Å². The summed E-state index contributed by atoms with van der Waals surface area (Å²) in [5.41, 5.74) is 9.31. The fourth-order valence-corrected chi connectivity index (χ4v) is 4.63. The van der Waals surface area contributed by atoms with Crippen molar-refractivity contribution >= 4 is 16.8 Å². The first-order valence-electron chi connectivity index (χ1n) is 12.6. The molecule has 2 unspecified atom stereocenters. The molecule has 1 fully saturated rings. The van der Waals surface area contributed by atoms with E-state index in [0.717, 1.165) is 28.9 Å². The molecule has 1 amide bonds. The van der Waals surface area contributed by atoms with Crippen LogP contribution in [0.3, 0.4) is 0 Å². The van der Waals surface area contributed by atoms with Gasteiger partial charge < -0.3 is 28.8 Å². The molecule has 0 spiro atoms. The number of hydrazine groups is 1. The molecule has 1 saturated heterocycles. The Morgan fingerprint density at radius 2 is 1.67 bits per heavy atom. The van der Waals surface area contributed by atoms with Gasteiger partial charge in [-0.25, -0.2) is 10.9 Å². The van der Waals surface area contributed by atoms with Crippen molar-refractivity contribution in [2.24, 2.45) is 0 Å². The summed E-state index contributed by atoms with van der Waals surface area (Å²) in [7, 11) is 1.68. The molecule has 2 heterocycles. The lowest BCUT2D eigenvalue weighted by molar-refractivity contribution is 0.0931. The van der Waals surface area contributed by atoms with E-state index in [2.05, 4.69) is 45.9 Å². The second-order valence-corrected chi connectivity index (χ2v) is 8.44. The maximum atomic E-state index is 13.2. The van der Waals surface area contributed by atoms with Gasteiger partial charge >= 0.3 is 0 Å². The molecule has 4 rings (SSSR count). The molecule has 36 heavy (non-hydrogen) atoms. The number of nitrogens with one attached hydrogen (secondary N) is 3. The number of fused-ring (bicyclic) bond motifs is 1. The maximum Gasteiger partial charge on any atom is 0.252 e. The van der Waals surface area contributed by atoms with Crippen LogP contribution in [0.5, 0.6) is 23.0 Å². The van der Waals surface area contributed by atoms with Crippen molar-refractivity contribution in [2.45, 2.75) is 52.9 Å². The predicted octanol–water partition coefficient (Wildman–Crippen LogP) is 4.16. The van der Waals surface area contributed by atoms with Crippen molar-refractivity contribution in [3.05, 3.63) is 47.7 Å². The molecule has 9 heteroatoms. The van der Waals surface area contributed by atoms with Gasteiger partial charge in [-0.2, -0.15) is 0 Å². The van der Waals surface area contributed by atoms with Crippen LogP contribution in [0.15, 0.2) is 36.4 Å². The van der Waals surface area contributed by atoms with Gasteiger partial charge in [0.25, 0.3) is 5.91 Å². The van der Waals surface area contributed by atoms with Crippen LogP contribution in [0.4, 0.5) is 0 Å². The van der Waals surface area contributed by atoms with Crippen molar-refractivity contribution in [3.63, 3.8) is 0 Å². The van der Waals surface area contributed by atoms with Gasteiger partial charge in [-0.3, -0.25) is 4.79 Å². The van der Waals surface area contributed by atoms with E-state index in [0.29, 0.717) is 49.1 Å². The number of carbonyl (C=O) groups excluding carboxylic acids is 1. The first-order valence-corrected chi connectivity index (χ1v) is 12.6. The van der Waals surface area contributed by atoms with Gasteiger partial charge in [0.15, 0.2) is 11.5 Å². The number of ether oxygens (including phenoxy) is 4. The Labute approximate surface area is 212 Å². The average Bonchev–Trinajstić information content (AvgIpc) is 3.49. The van der Waals surface area contributed by atoms with Crippen LogP contribution >= 0.6 is 0 Å². The lowest BCUT2D eigenvalue weighted by atomic mass is 10.1. The Hall–Kier alpha value is -3.43. The molecular weight excluding hydrogens is 460 g/mol. The van der Waals surface area contributed by atoms with Crippen molar-refractivity contribution in [1.82, 2.24) is 20.7 Å². The van der Waals surface area contributed by atoms with Crippen LogP contribution in [-0.2, 0) is 6.54 Å². The van der Waals surface area contributed by atoms with Gasteiger partial charge in [0.1, 0.15) is 5.75 Å². The van der Waals surface area contributed by atoms with Gasteiger partial charge in [0, 0.05) is 35.7 Å². The lowest BCUT2D eigenvalue weighted by Gasteiger charge is -2.18. The minimum absolute atomic E-state index is 0.0342. The molecule has 0 aliphatic carbocycles. The highest BCUT2D eigenvalue weighted by atomic mass is 16.5. The van der Waals surface area contributed by atoms with E-state index in [1.165, 1.54) is 0 Å². The van der Waals surface area contributed by atoms with Crippen LogP contribution in [0, 0.1) is 0 Å². The molecule has 9 nitrogen and oxygen atoms in total. The summed E-state index contributed by atoms with van der Waals surface area (Å²) >= 11 is 0. The third-order valence-corrected chi connectivity index (χ3v) is 6.20. The fraction of sp³-hybridized carbons (Fsp3) is 0.444. The van der Waals surface area contributed by atoms with Crippen molar-refractivity contribution in [3.8, 4) is 23.0 Å². The molecule has 2 aromatic carbocycles. The summed E-state index contributed by atoms with van der Waals surface area (Å²) < 4.78 is 25.0. The van der Waals surface area contributed by atoms with Crippen molar-refractivity contribution in [1.29, 1.82) is 0 Å². The van der Waals surface area contributed by atoms with Gasteiger partial charge in [-0.1, -0.05) is 0 Å². The lowest BCUT2D eigenvalue weighted by Crippen LogP contribution is -2.44. The third kappa shape index (κ3) is 5.22. The van der Waals surface area contributed by atoms with Gasteiger partial charge in [0.2, 0.25) is 5.75 Å². The minimum Gasteiger partial charge on any atom is -0.497 e. The Morgan fingerprint density at radius 1 is 0.972 bits per heavy atom. The Morgan fingerprint density at radius 3 is 2.28 bits per heavy atom. The molecule has 194 valence electrons. The summed E-state index contributed by atoms with van der Waals surface area (Å²) in [5, 5.41) is 4.24. The van der Waals surface area contributed by atoms with Crippen LogP contribution in [0.1, 0.15) is 56.2 Å². The molecule has 1 aliphatic rings. The number of benzene rings is 2. The monoisotopic (exact) mass is 496 g/mol. The van der Waals surface area contributed by atoms with E-state index in [4.69, 9.17) is 18.9 Å². The standard InChI is InChI=1S/C27H36N4O5/c1-6-31-21-15-19(33-5)11-10-17(21)12-22(31)20-16-25(30-29-20)28-27(32)18-13-23(34-7-2)26(36-9-4)24(14-18)35-8-3/h10-15,20,25,29-30H,6-9,16H2,1-5H3,(H,28,32). The normalized spacial score (nSPS) is 17.2. The SMILES string of the molecule is CCOc1cc(C(=O)NC2CC(c3cc4ccc(OC)cc4n3CC)NN2)cc(OCC)c1OCC. The molecule has 1 aromatic heterocycles. The molecule has 2 atom stereocenters. The number of hydrogen-bond donors (Lipinski definition) is 3. The number of aromatic nitrogens is 1. The first-order chi connectivity index (χ1) is 17.5. The van der Waals surface area contributed by atoms with Gasteiger partial charge in [0.05, 0.1) is 44.7 Å².